The molecule has 0 radical (unpaired) electrons. The van der Waals surface area contributed by atoms with E-state index in [1.807, 2.05) is 18.2 Å². The molecule has 0 aromatic heterocycles. The van der Waals surface area contributed by atoms with Gasteiger partial charge in [-0.2, -0.15) is 5.10 Å². The Bertz CT molecular complexity index is 235. The monoisotopic (exact) mass is 154 g/mol. The molecule has 0 heterocycles. The molecule has 3 heteroatoms. The van der Waals surface area contributed by atoms with Crippen molar-refractivity contribution in [2.45, 2.75) is 0 Å². The highest BCUT2D eigenvalue weighted by Gasteiger charge is 1.93. The van der Waals surface area contributed by atoms with Crippen molar-refractivity contribution in [2.75, 3.05) is 5.43 Å². The largest absolute Gasteiger partial charge is 0.278 e. The third-order valence-electron chi connectivity index (χ3n) is 1.07. The Morgan fingerprint density at radius 3 is 2.70 bits per heavy atom. The van der Waals surface area contributed by atoms with E-state index in [0.717, 1.165) is 5.69 Å². The Balaban J connectivity index is 2.91. The molecular formula is C7H7ClN2. The van der Waals surface area contributed by atoms with Crippen molar-refractivity contribution in [3.8, 4) is 0 Å². The second kappa shape index (κ2) is 3.22. The number of halogens is 1. The molecule has 0 saturated carbocycles. The maximum absolute atomic E-state index is 5.75. The van der Waals surface area contributed by atoms with Gasteiger partial charge in [0.15, 0.2) is 0 Å². The molecular weight excluding hydrogens is 148 g/mol. The van der Waals surface area contributed by atoms with Crippen molar-refractivity contribution in [3.63, 3.8) is 0 Å². The molecule has 0 aliphatic heterocycles. The minimum atomic E-state index is 0.648. The van der Waals surface area contributed by atoms with E-state index in [4.69, 9.17) is 11.6 Å². The lowest BCUT2D eigenvalue weighted by molar-refractivity contribution is 1.37. The molecule has 1 aromatic rings. The van der Waals surface area contributed by atoms with Gasteiger partial charge in [0.1, 0.15) is 0 Å². The molecule has 10 heavy (non-hydrogen) atoms. The average molecular weight is 155 g/mol. The summed E-state index contributed by atoms with van der Waals surface area (Å²) in [6.45, 7) is 3.28. The molecule has 0 amide bonds. The summed E-state index contributed by atoms with van der Waals surface area (Å²) in [5, 5.41) is 4.13. The predicted octanol–water partition coefficient (Wildman–Crippen LogP) is 2.37. The summed E-state index contributed by atoms with van der Waals surface area (Å²) < 4.78 is 0. The van der Waals surface area contributed by atoms with E-state index < -0.39 is 0 Å². The van der Waals surface area contributed by atoms with E-state index >= 15 is 0 Å². The quantitative estimate of drug-likeness (QED) is 0.513. The van der Waals surface area contributed by atoms with Gasteiger partial charge in [0.05, 0.1) is 10.7 Å². The molecule has 52 valence electrons. The Labute approximate surface area is 64.5 Å². The maximum Gasteiger partial charge on any atom is 0.0747 e. The number of rotatable bonds is 2. The summed E-state index contributed by atoms with van der Waals surface area (Å²) >= 11 is 5.75. The van der Waals surface area contributed by atoms with Crippen LogP contribution in [0.15, 0.2) is 29.4 Å². The first-order valence-corrected chi connectivity index (χ1v) is 3.18. The molecule has 1 N–H and O–H groups in total. The summed E-state index contributed by atoms with van der Waals surface area (Å²) in [5.74, 6) is 0. The molecule has 0 saturated heterocycles. The standard InChI is InChI=1S/C7H7ClN2/c1-9-10-7-5-3-2-4-6(7)8/h2-5,10H,1H2. The number of para-hydroxylation sites is 1. The minimum absolute atomic E-state index is 0.648. The Morgan fingerprint density at radius 2 is 2.10 bits per heavy atom. The molecule has 2 nitrogen and oxygen atoms in total. The first kappa shape index (κ1) is 7.09. The topological polar surface area (TPSA) is 24.4 Å². The number of hydrogen-bond acceptors (Lipinski definition) is 2. The lowest BCUT2D eigenvalue weighted by atomic mass is 10.3. The van der Waals surface area contributed by atoms with Crippen LogP contribution in [0, 0.1) is 0 Å². The molecule has 0 aliphatic rings. The van der Waals surface area contributed by atoms with Crippen molar-refractivity contribution in [3.05, 3.63) is 29.3 Å². The normalized spacial score (nSPS) is 8.90. The fourth-order valence-corrected chi connectivity index (χ4v) is 0.815. The van der Waals surface area contributed by atoms with Gasteiger partial charge in [-0.3, -0.25) is 5.43 Å². The highest BCUT2D eigenvalue weighted by Crippen LogP contribution is 2.19. The lowest BCUT2D eigenvalue weighted by Crippen LogP contribution is -1.85. The third kappa shape index (κ3) is 1.48. The maximum atomic E-state index is 5.75. The molecule has 1 rings (SSSR count). The van der Waals surface area contributed by atoms with E-state index in [1.165, 1.54) is 0 Å². The molecule has 0 spiro atoms. The van der Waals surface area contributed by atoms with Gasteiger partial charge in [-0.15, -0.1) is 0 Å². The number of nitrogens with one attached hydrogen (secondary N) is 1. The average Bonchev–Trinajstić information content (AvgIpc) is 1.94. The van der Waals surface area contributed by atoms with Gasteiger partial charge in [0.2, 0.25) is 0 Å². The highest BCUT2D eigenvalue weighted by molar-refractivity contribution is 6.33. The number of hydrogen-bond donors (Lipinski definition) is 1. The van der Waals surface area contributed by atoms with Crippen LogP contribution in [0.2, 0.25) is 5.02 Å². The van der Waals surface area contributed by atoms with Gasteiger partial charge in [-0.25, -0.2) is 0 Å². The van der Waals surface area contributed by atoms with Crippen molar-refractivity contribution in [1.82, 2.24) is 0 Å². The molecule has 1 aromatic carbocycles. The highest BCUT2D eigenvalue weighted by atomic mass is 35.5. The van der Waals surface area contributed by atoms with Crippen LogP contribution in [-0.2, 0) is 0 Å². The van der Waals surface area contributed by atoms with Gasteiger partial charge >= 0.3 is 0 Å². The van der Waals surface area contributed by atoms with E-state index in [-0.39, 0.29) is 0 Å². The van der Waals surface area contributed by atoms with Crippen LogP contribution in [0.1, 0.15) is 0 Å². The Morgan fingerprint density at radius 1 is 1.40 bits per heavy atom. The molecule has 0 bridgehead atoms. The number of anilines is 1. The second-order valence-electron chi connectivity index (χ2n) is 1.75. The molecule has 0 atom stereocenters. The lowest BCUT2D eigenvalue weighted by Gasteiger charge is -1.99. The molecule has 0 fully saturated rings. The summed E-state index contributed by atoms with van der Waals surface area (Å²) in [4.78, 5) is 0. The van der Waals surface area contributed by atoms with E-state index in [0.29, 0.717) is 5.02 Å². The number of hydrazone groups is 1. The van der Waals surface area contributed by atoms with E-state index in [1.54, 1.807) is 6.07 Å². The summed E-state index contributed by atoms with van der Waals surface area (Å²) in [6.07, 6.45) is 0. The van der Waals surface area contributed by atoms with Crippen LogP contribution >= 0.6 is 11.6 Å². The van der Waals surface area contributed by atoms with Crippen molar-refractivity contribution < 1.29 is 0 Å². The fraction of sp³-hybridized carbons (Fsp3) is 0. The third-order valence-corrected chi connectivity index (χ3v) is 1.40. The van der Waals surface area contributed by atoms with Crippen molar-refractivity contribution >= 4 is 24.0 Å². The first-order chi connectivity index (χ1) is 4.84. The molecule has 0 aliphatic carbocycles. The predicted molar refractivity (Wildman–Crippen MR) is 44.6 cm³/mol. The van der Waals surface area contributed by atoms with Crippen LogP contribution < -0.4 is 5.43 Å². The van der Waals surface area contributed by atoms with E-state index in [9.17, 15) is 0 Å². The first-order valence-electron chi connectivity index (χ1n) is 2.81. The van der Waals surface area contributed by atoms with Crippen LogP contribution in [0.25, 0.3) is 0 Å². The van der Waals surface area contributed by atoms with Gasteiger partial charge < -0.3 is 0 Å². The minimum Gasteiger partial charge on any atom is -0.278 e. The number of nitrogens with zero attached hydrogens (tertiary/aromatic N) is 1. The summed E-state index contributed by atoms with van der Waals surface area (Å²) in [7, 11) is 0. The van der Waals surface area contributed by atoms with Crippen LogP contribution in [0.5, 0.6) is 0 Å². The van der Waals surface area contributed by atoms with Crippen LogP contribution in [0.4, 0.5) is 5.69 Å². The van der Waals surface area contributed by atoms with Crippen molar-refractivity contribution in [2.24, 2.45) is 5.10 Å². The molecule has 0 unspecified atom stereocenters. The van der Waals surface area contributed by atoms with Gasteiger partial charge in [-0.05, 0) is 12.1 Å². The van der Waals surface area contributed by atoms with Gasteiger partial charge in [-0.1, -0.05) is 23.7 Å². The smallest absolute Gasteiger partial charge is 0.0747 e. The Kier molecular flexibility index (Phi) is 2.29. The van der Waals surface area contributed by atoms with E-state index in [2.05, 4.69) is 17.2 Å². The fourth-order valence-electron chi connectivity index (χ4n) is 0.637. The SMILES string of the molecule is C=NNc1ccccc1Cl. The summed E-state index contributed by atoms with van der Waals surface area (Å²) in [5.41, 5.74) is 3.43. The second-order valence-corrected chi connectivity index (χ2v) is 2.16. The van der Waals surface area contributed by atoms with Crippen LogP contribution in [-0.4, -0.2) is 6.72 Å². The number of benzene rings is 1. The van der Waals surface area contributed by atoms with Crippen LogP contribution in [0.3, 0.4) is 0 Å². The summed E-state index contributed by atoms with van der Waals surface area (Å²) in [6, 6.07) is 7.35. The van der Waals surface area contributed by atoms with Crippen molar-refractivity contribution in [1.29, 1.82) is 0 Å². The Hall–Kier alpha value is -1.02. The zero-order valence-corrected chi connectivity index (χ0v) is 6.10. The zero-order valence-electron chi connectivity index (χ0n) is 5.34. The van der Waals surface area contributed by atoms with Gasteiger partial charge in [0, 0.05) is 6.72 Å². The van der Waals surface area contributed by atoms with Gasteiger partial charge in [0.25, 0.3) is 0 Å². The zero-order chi connectivity index (χ0) is 7.40.